The molecule has 1 aliphatic rings. The number of rotatable bonds is 1. The lowest BCUT2D eigenvalue weighted by Gasteiger charge is -2.22. The van der Waals surface area contributed by atoms with E-state index < -0.39 is 0 Å². The summed E-state index contributed by atoms with van der Waals surface area (Å²) in [6.07, 6.45) is 1.77. The van der Waals surface area contributed by atoms with Crippen LogP contribution in [0.25, 0.3) is 0 Å². The highest BCUT2D eigenvalue weighted by Gasteiger charge is 2.16. The summed E-state index contributed by atoms with van der Waals surface area (Å²) in [7, 11) is 0. The fourth-order valence-electron chi connectivity index (χ4n) is 2.65. The molecule has 0 bridgehead atoms. The third-order valence-corrected chi connectivity index (χ3v) is 3.72. The van der Waals surface area contributed by atoms with E-state index in [2.05, 4.69) is 17.0 Å². The summed E-state index contributed by atoms with van der Waals surface area (Å²) in [4.78, 5) is 2.34. The van der Waals surface area contributed by atoms with Crippen LogP contribution in [-0.2, 0) is 12.8 Å². The largest absolute Gasteiger partial charge is 0.504 e. The number of phenolic OH excluding ortho intramolecular Hbond substituents is 2. The molecule has 19 heavy (non-hydrogen) atoms. The van der Waals surface area contributed by atoms with E-state index in [1.165, 1.54) is 5.69 Å². The molecule has 0 fully saturated rings. The summed E-state index contributed by atoms with van der Waals surface area (Å²) >= 11 is 0. The van der Waals surface area contributed by atoms with Crippen molar-refractivity contribution in [1.29, 1.82) is 0 Å². The average Bonchev–Trinajstić information content (AvgIpc) is 2.63. The molecular weight excluding hydrogens is 238 g/mol. The number of anilines is 1. The first-order valence-electron chi connectivity index (χ1n) is 6.58. The van der Waals surface area contributed by atoms with Crippen LogP contribution in [0.4, 0.5) is 5.69 Å². The van der Waals surface area contributed by atoms with Gasteiger partial charge in [0, 0.05) is 18.8 Å². The average molecular weight is 255 g/mol. The highest BCUT2D eigenvalue weighted by molar-refractivity contribution is 5.50. The van der Waals surface area contributed by atoms with E-state index in [1.54, 1.807) is 12.1 Å². The Balaban J connectivity index is 1.85. The van der Waals surface area contributed by atoms with Crippen molar-refractivity contribution in [2.45, 2.75) is 12.8 Å². The fraction of sp³-hybridized carbons (Fsp3) is 0.250. The smallest absolute Gasteiger partial charge is 0.157 e. The lowest BCUT2D eigenvalue weighted by atomic mass is 10.0. The molecule has 0 aliphatic carbocycles. The van der Waals surface area contributed by atoms with Crippen molar-refractivity contribution in [2.75, 3.05) is 18.0 Å². The Morgan fingerprint density at radius 2 is 1.32 bits per heavy atom. The van der Waals surface area contributed by atoms with Crippen molar-refractivity contribution in [1.82, 2.24) is 0 Å². The van der Waals surface area contributed by atoms with Crippen LogP contribution in [0.5, 0.6) is 11.5 Å². The molecule has 1 heterocycles. The molecule has 0 radical (unpaired) electrons. The molecular formula is C16H17NO2. The van der Waals surface area contributed by atoms with E-state index >= 15 is 0 Å². The van der Waals surface area contributed by atoms with Gasteiger partial charge in [-0.05, 0) is 48.2 Å². The molecule has 3 nitrogen and oxygen atoms in total. The predicted octanol–water partition coefficient (Wildman–Crippen LogP) is 2.70. The Morgan fingerprint density at radius 1 is 0.789 bits per heavy atom. The Bertz CT molecular complexity index is 548. The number of fused-ring (bicyclic) bond motifs is 1. The molecule has 0 aromatic heterocycles. The first-order valence-corrected chi connectivity index (χ1v) is 6.58. The molecule has 2 aromatic rings. The van der Waals surface area contributed by atoms with Gasteiger partial charge >= 0.3 is 0 Å². The van der Waals surface area contributed by atoms with E-state index in [0.29, 0.717) is 0 Å². The quantitative estimate of drug-likeness (QED) is 0.770. The molecule has 2 N–H and O–H groups in total. The van der Waals surface area contributed by atoms with Crippen molar-refractivity contribution in [3.05, 3.63) is 53.6 Å². The summed E-state index contributed by atoms with van der Waals surface area (Å²) in [5.41, 5.74) is 3.49. The van der Waals surface area contributed by atoms with Crippen LogP contribution < -0.4 is 4.90 Å². The van der Waals surface area contributed by atoms with Crippen LogP contribution in [0.1, 0.15) is 11.1 Å². The van der Waals surface area contributed by atoms with Gasteiger partial charge < -0.3 is 15.1 Å². The first-order chi connectivity index (χ1) is 9.24. The molecule has 0 unspecified atom stereocenters. The summed E-state index contributed by atoms with van der Waals surface area (Å²) in [6, 6.07) is 13.7. The molecule has 2 aromatic carbocycles. The van der Waals surface area contributed by atoms with E-state index in [4.69, 9.17) is 0 Å². The maximum atomic E-state index is 9.59. The van der Waals surface area contributed by atoms with Gasteiger partial charge in [0.25, 0.3) is 0 Å². The van der Waals surface area contributed by atoms with Crippen LogP contribution in [0, 0.1) is 0 Å². The van der Waals surface area contributed by atoms with Gasteiger partial charge in [-0.15, -0.1) is 0 Å². The van der Waals surface area contributed by atoms with Crippen molar-refractivity contribution in [3.8, 4) is 11.5 Å². The summed E-state index contributed by atoms with van der Waals surface area (Å²) in [5.74, 6) is -0.0428. The Morgan fingerprint density at radius 3 is 1.84 bits per heavy atom. The van der Waals surface area contributed by atoms with Crippen LogP contribution in [0.2, 0.25) is 0 Å². The normalized spacial score (nSPS) is 14.8. The van der Waals surface area contributed by atoms with E-state index in [1.807, 2.05) is 18.2 Å². The number of aromatic hydroxyl groups is 2. The molecule has 3 heteroatoms. The molecule has 0 atom stereocenters. The topological polar surface area (TPSA) is 43.7 Å². The van der Waals surface area contributed by atoms with E-state index in [0.717, 1.165) is 37.1 Å². The highest BCUT2D eigenvalue weighted by atomic mass is 16.3. The maximum absolute atomic E-state index is 9.59. The number of hydrogen-bond acceptors (Lipinski definition) is 3. The standard InChI is InChI=1S/C16H17NO2/c18-15-10-12-6-8-17(14-4-2-1-3-5-14)9-7-13(12)11-16(15)19/h1-5,10-11,18-19H,6-9H2. The molecule has 0 spiro atoms. The van der Waals surface area contributed by atoms with Gasteiger partial charge in [-0.2, -0.15) is 0 Å². The van der Waals surface area contributed by atoms with Crippen molar-refractivity contribution < 1.29 is 10.2 Å². The second kappa shape index (κ2) is 4.84. The summed E-state index contributed by atoms with van der Waals surface area (Å²) < 4.78 is 0. The van der Waals surface area contributed by atoms with E-state index in [-0.39, 0.29) is 11.5 Å². The van der Waals surface area contributed by atoms with Crippen LogP contribution >= 0.6 is 0 Å². The predicted molar refractivity (Wildman–Crippen MR) is 75.8 cm³/mol. The summed E-state index contributed by atoms with van der Waals surface area (Å²) in [5, 5.41) is 19.2. The van der Waals surface area contributed by atoms with Gasteiger partial charge in [-0.1, -0.05) is 18.2 Å². The zero-order valence-corrected chi connectivity index (χ0v) is 10.7. The molecule has 0 amide bonds. The number of para-hydroxylation sites is 1. The zero-order valence-electron chi connectivity index (χ0n) is 10.7. The van der Waals surface area contributed by atoms with E-state index in [9.17, 15) is 10.2 Å². The zero-order chi connectivity index (χ0) is 13.2. The van der Waals surface area contributed by atoms with Crippen LogP contribution in [0.15, 0.2) is 42.5 Å². The molecule has 98 valence electrons. The lowest BCUT2D eigenvalue weighted by molar-refractivity contribution is 0.402. The van der Waals surface area contributed by atoms with Crippen LogP contribution in [-0.4, -0.2) is 23.3 Å². The Labute approximate surface area is 112 Å². The fourth-order valence-corrected chi connectivity index (χ4v) is 2.65. The minimum absolute atomic E-state index is 0.0214. The van der Waals surface area contributed by atoms with Crippen molar-refractivity contribution in [2.24, 2.45) is 0 Å². The van der Waals surface area contributed by atoms with Gasteiger partial charge in [0.1, 0.15) is 0 Å². The van der Waals surface area contributed by atoms with Crippen molar-refractivity contribution in [3.63, 3.8) is 0 Å². The van der Waals surface area contributed by atoms with Gasteiger partial charge in [-0.3, -0.25) is 0 Å². The second-order valence-electron chi connectivity index (χ2n) is 4.93. The highest BCUT2D eigenvalue weighted by Crippen LogP contribution is 2.31. The number of nitrogens with zero attached hydrogens (tertiary/aromatic N) is 1. The maximum Gasteiger partial charge on any atom is 0.157 e. The van der Waals surface area contributed by atoms with Gasteiger partial charge in [-0.25, -0.2) is 0 Å². The monoisotopic (exact) mass is 255 g/mol. The Kier molecular flexibility index (Phi) is 3.03. The molecule has 0 saturated heterocycles. The van der Waals surface area contributed by atoms with Gasteiger partial charge in [0.2, 0.25) is 0 Å². The molecule has 0 saturated carbocycles. The Hall–Kier alpha value is -2.16. The van der Waals surface area contributed by atoms with Gasteiger partial charge in [0.05, 0.1) is 0 Å². The van der Waals surface area contributed by atoms with Gasteiger partial charge in [0.15, 0.2) is 11.5 Å². The summed E-state index contributed by atoms with van der Waals surface area (Å²) in [6.45, 7) is 1.86. The third kappa shape index (κ3) is 2.36. The molecule has 3 rings (SSSR count). The number of benzene rings is 2. The molecule has 1 aliphatic heterocycles. The first kappa shape index (κ1) is 11.9. The lowest BCUT2D eigenvalue weighted by Crippen LogP contribution is -2.25. The minimum Gasteiger partial charge on any atom is -0.504 e. The SMILES string of the molecule is Oc1cc2c(cc1O)CCN(c1ccccc1)CC2. The van der Waals surface area contributed by atoms with Crippen molar-refractivity contribution >= 4 is 5.69 Å². The van der Waals surface area contributed by atoms with Crippen LogP contribution in [0.3, 0.4) is 0 Å². The minimum atomic E-state index is -0.0214. The third-order valence-electron chi connectivity index (χ3n) is 3.72. The number of hydrogen-bond donors (Lipinski definition) is 2. The number of phenols is 2. The second-order valence-corrected chi connectivity index (χ2v) is 4.93.